The molecule has 82 valence electrons. The third kappa shape index (κ3) is 2.29. The van der Waals surface area contributed by atoms with Gasteiger partial charge in [-0.25, -0.2) is 0 Å². The van der Waals surface area contributed by atoms with Crippen molar-refractivity contribution < 1.29 is 4.74 Å². The van der Waals surface area contributed by atoms with Crippen LogP contribution >= 0.6 is 0 Å². The number of nitrogens with one attached hydrogen (secondary N) is 1. The van der Waals surface area contributed by atoms with Crippen molar-refractivity contribution in [2.24, 2.45) is 5.92 Å². The molecule has 14 heavy (non-hydrogen) atoms. The average Bonchev–Trinajstić information content (AvgIpc) is 2.19. The maximum absolute atomic E-state index is 5.49. The van der Waals surface area contributed by atoms with Crippen molar-refractivity contribution in [3.63, 3.8) is 0 Å². The number of hydrogen-bond acceptors (Lipinski definition) is 2. The molecule has 0 radical (unpaired) electrons. The van der Waals surface area contributed by atoms with Gasteiger partial charge in [-0.1, -0.05) is 6.92 Å². The smallest absolute Gasteiger partial charge is 0.0506 e. The molecule has 1 aliphatic carbocycles. The number of ether oxygens (including phenoxy) is 1. The summed E-state index contributed by atoms with van der Waals surface area (Å²) in [6, 6.07) is 0. The van der Waals surface area contributed by atoms with Crippen molar-refractivity contribution >= 4 is 0 Å². The first kappa shape index (κ1) is 10.4. The van der Waals surface area contributed by atoms with Gasteiger partial charge in [0.05, 0.1) is 6.61 Å². The van der Waals surface area contributed by atoms with E-state index in [1.807, 2.05) is 0 Å². The van der Waals surface area contributed by atoms with Crippen molar-refractivity contribution in [3.05, 3.63) is 0 Å². The number of hydrogen-bond donors (Lipinski definition) is 1. The van der Waals surface area contributed by atoms with E-state index in [1.54, 1.807) is 0 Å². The van der Waals surface area contributed by atoms with E-state index in [9.17, 15) is 0 Å². The molecule has 2 fully saturated rings. The SMILES string of the molecule is CCC1(NCC2CCCOC2)CCC1. The molecule has 2 nitrogen and oxygen atoms in total. The van der Waals surface area contributed by atoms with Crippen molar-refractivity contribution in [3.8, 4) is 0 Å². The fourth-order valence-corrected chi connectivity index (χ4v) is 2.59. The van der Waals surface area contributed by atoms with Crippen LogP contribution in [0.1, 0.15) is 45.4 Å². The van der Waals surface area contributed by atoms with Gasteiger partial charge in [0.25, 0.3) is 0 Å². The van der Waals surface area contributed by atoms with Crippen LogP contribution in [0.4, 0.5) is 0 Å². The molecule has 0 spiro atoms. The van der Waals surface area contributed by atoms with Crippen LogP contribution in [0, 0.1) is 5.92 Å². The standard InChI is InChI=1S/C12H23NO/c1-2-12(6-4-7-12)13-9-11-5-3-8-14-10-11/h11,13H,2-10H2,1H3. The Morgan fingerprint density at radius 1 is 1.36 bits per heavy atom. The predicted octanol–water partition coefficient (Wildman–Crippen LogP) is 2.34. The molecule has 2 heteroatoms. The van der Waals surface area contributed by atoms with E-state index in [-0.39, 0.29) is 0 Å². The van der Waals surface area contributed by atoms with Crippen LogP contribution in [0.15, 0.2) is 0 Å². The second-order valence-corrected chi connectivity index (χ2v) is 4.95. The van der Waals surface area contributed by atoms with E-state index in [4.69, 9.17) is 4.74 Å². The summed E-state index contributed by atoms with van der Waals surface area (Å²) in [7, 11) is 0. The van der Waals surface area contributed by atoms with Gasteiger partial charge in [-0.15, -0.1) is 0 Å². The highest BCUT2D eigenvalue weighted by atomic mass is 16.5. The first-order valence-electron chi connectivity index (χ1n) is 6.17. The molecule has 0 aromatic rings. The van der Waals surface area contributed by atoms with E-state index < -0.39 is 0 Å². The molecule has 2 aliphatic rings. The monoisotopic (exact) mass is 197 g/mol. The van der Waals surface area contributed by atoms with Gasteiger partial charge in [0.1, 0.15) is 0 Å². The van der Waals surface area contributed by atoms with E-state index in [2.05, 4.69) is 12.2 Å². The molecule has 1 heterocycles. The molecule has 1 N–H and O–H groups in total. The third-order valence-electron chi connectivity index (χ3n) is 4.01. The lowest BCUT2D eigenvalue weighted by Gasteiger charge is -2.43. The fraction of sp³-hybridized carbons (Fsp3) is 1.00. The summed E-state index contributed by atoms with van der Waals surface area (Å²) < 4.78 is 5.49. The second-order valence-electron chi connectivity index (χ2n) is 4.95. The Labute approximate surface area is 87.4 Å². The molecule has 2 rings (SSSR count). The Balaban J connectivity index is 1.69. The first-order valence-corrected chi connectivity index (χ1v) is 6.17. The largest absolute Gasteiger partial charge is 0.381 e. The van der Waals surface area contributed by atoms with Gasteiger partial charge < -0.3 is 10.1 Å². The molecule has 1 unspecified atom stereocenters. The molecule has 1 aliphatic heterocycles. The van der Waals surface area contributed by atoms with Gasteiger partial charge in [0.15, 0.2) is 0 Å². The van der Waals surface area contributed by atoms with Crippen LogP contribution in [-0.4, -0.2) is 25.3 Å². The Bertz CT molecular complexity index is 166. The van der Waals surface area contributed by atoms with Gasteiger partial charge in [0, 0.05) is 18.7 Å². The van der Waals surface area contributed by atoms with E-state index in [1.165, 1.54) is 45.1 Å². The van der Waals surface area contributed by atoms with Gasteiger partial charge in [0.2, 0.25) is 0 Å². The van der Waals surface area contributed by atoms with Crippen LogP contribution in [-0.2, 0) is 4.74 Å². The van der Waals surface area contributed by atoms with Crippen LogP contribution in [0.3, 0.4) is 0 Å². The van der Waals surface area contributed by atoms with Crippen molar-refractivity contribution in [1.82, 2.24) is 5.32 Å². The first-order chi connectivity index (χ1) is 6.85. The molecule has 0 aromatic carbocycles. The van der Waals surface area contributed by atoms with E-state index in [0.717, 1.165) is 19.1 Å². The average molecular weight is 197 g/mol. The topological polar surface area (TPSA) is 21.3 Å². The van der Waals surface area contributed by atoms with Crippen molar-refractivity contribution in [2.45, 2.75) is 51.0 Å². The minimum Gasteiger partial charge on any atom is -0.381 e. The summed E-state index contributed by atoms with van der Waals surface area (Å²) >= 11 is 0. The van der Waals surface area contributed by atoms with Crippen LogP contribution in [0.25, 0.3) is 0 Å². The highest BCUT2D eigenvalue weighted by Gasteiger charge is 2.34. The highest BCUT2D eigenvalue weighted by molar-refractivity contribution is 4.95. The molecular formula is C12H23NO. The summed E-state index contributed by atoms with van der Waals surface area (Å²) in [5, 5.41) is 3.77. The second kappa shape index (κ2) is 4.63. The Hall–Kier alpha value is -0.0800. The molecule has 1 atom stereocenters. The third-order valence-corrected chi connectivity index (χ3v) is 4.01. The zero-order chi connectivity index (χ0) is 9.86. The van der Waals surface area contributed by atoms with Crippen LogP contribution in [0.5, 0.6) is 0 Å². The molecule has 1 saturated heterocycles. The number of rotatable bonds is 4. The summed E-state index contributed by atoms with van der Waals surface area (Å²) in [5.41, 5.74) is 0.511. The summed E-state index contributed by atoms with van der Waals surface area (Å²) in [4.78, 5) is 0. The molecule has 0 bridgehead atoms. The summed E-state index contributed by atoms with van der Waals surface area (Å²) in [6.45, 7) is 5.44. The van der Waals surface area contributed by atoms with Crippen molar-refractivity contribution in [2.75, 3.05) is 19.8 Å². The van der Waals surface area contributed by atoms with Crippen LogP contribution < -0.4 is 5.32 Å². The van der Waals surface area contributed by atoms with Crippen molar-refractivity contribution in [1.29, 1.82) is 0 Å². The summed E-state index contributed by atoms with van der Waals surface area (Å²) in [5.74, 6) is 0.771. The lowest BCUT2D eigenvalue weighted by atomic mass is 9.74. The fourth-order valence-electron chi connectivity index (χ4n) is 2.59. The molecule has 1 saturated carbocycles. The van der Waals surface area contributed by atoms with Crippen LogP contribution in [0.2, 0.25) is 0 Å². The Kier molecular flexibility index (Phi) is 3.45. The quantitative estimate of drug-likeness (QED) is 0.747. The normalized spacial score (nSPS) is 31.1. The zero-order valence-corrected chi connectivity index (χ0v) is 9.35. The molecular weight excluding hydrogens is 174 g/mol. The minimum absolute atomic E-state index is 0.511. The van der Waals surface area contributed by atoms with Gasteiger partial charge in [-0.3, -0.25) is 0 Å². The Morgan fingerprint density at radius 3 is 2.71 bits per heavy atom. The lowest BCUT2D eigenvalue weighted by Crippen LogP contribution is -2.52. The predicted molar refractivity (Wildman–Crippen MR) is 58.4 cm³/mol. The summed E-state index contributed by atoms with van der Waals surface area (Å²) in [6.07, 6.45) is 8.09. The Morgan fingerprint density at radius 2 is 2.21 bits per heavy atom. The molecule has 0 aromatic heterocycles. The maximum Gasteiger partial charge on any atom is 0.0506 e. The lowest BCUT2D eigenvalue weighted by molar-refractivity contribution is 0.0465. The molecule has 0 amide bonds. The zero-order valence-electron chi connectivity index (χ0n) is 9.35. The highest BCUT2D eigenvalue weighted by Crippen LogP contribution is 2.34. The van der Waals surface area contributed by atoms with E-state index >= 15 is 0 Å². The van der Waals surface area contributed by atoms with Gasteiger partial charge in [-0.2, -0.15) is 0 Å². The van der Waals surface area contributed by atoms with Gasteiger partial charge in [-0.05, 0) is 44.4 Å². The van der Waals surface area contributed by atoms with E-state index in [0.29, 0.717) is 5.54 Å². The maximum atomic E-state index is 5.49. The minimum atomic E-state index is 0.511. The van der Waals surface area contributed by atoms with Gasteiger partial charge >= 0.3 is 0 Å².